The highest BCUT2D eigenvalue weighted by Gasteiger charge is 1.98. The minimum Gasteiger partial charge on any atom is -0.354 e. The Balaban J connectivity index is 3.08. The summed E-state index contributed by atoms with van der Waals surface area (Å²) in [6, 6.07) is 0.592. The molecule has 0 rings (SSSR count). The van der Waals surface area contributed by atoms with Gasteiger partial charge < -0.3 is 21.7 Å². The lowest BCUT2D eigenvalue weighted by molar-refractivity contribution is -0.120. The van der Waals surface area contributed by atoms with Crippen molar-refractivity contribution in [2.75, 3.05) is 32.7 Å². The second-order valence-electron chi connectivity index (χ2n) is 5.19. The van der Waals surface area contributed by atoms with Crippen LogP contribution >= 0.6 is 0 Å². The highest BCUT2D eigenvalue weighted by atomic mass is 16.1. The van der Waals surface area contributed by atoms with Gasteiger partial charge in [0.2, 0.25) is 5.91 Å². The Morgan fingerprint density at radius 3 is 2.26 bits per heavy atom. The summed E-state index contributed by atoms with van der Waals surface area (Å²) in [5, 5.41) is 9.30. The molecular weight excluding hydrogens is 240 g/mol. The van der Waals surface area contributed by atoms with Crippen molar-refractivity contribution < 1.29 is 4.79 Å². The molecule has 5 heteroatoms. The van der Waals surface area contributed by atoms with Crippen molar-refractivity contribution in [1.82, 2.24) is 16.0 Å². The molecule has 5 nitrogen and oxygen atoms in total. The molecule has 5 N–H and O–H groups in total. The number of nitrogens with one attached hydrogen (secondary N) is 3. The number of hydrogen-bond acceptors (Lipinski definition) is 4. The lowest BCUT2D eigenvalue weighted by atomic mass is 10.1. The zero-order valence-corrected chi connectivity index (χ0v) is 12.6. The van der Waals surface area contributed by atoms with Crippen LogP contribution in [-0.2, 0) is 4.79 Å². The van der Waals surface area contributed by atoms with Crippen LogP contribution in [0.25, 0.3) is 0 Å². The first-order chi connectivity index (χ1) is 9.16. The van der Waals surface area contributed by atoms with Gasteiger partial charge in [-0.25, -0.2) is 0 Å². The largest absolute Gasteiger partial charge is 0.354 e. The molecule has 0 unspecified atom stereocenters. The predicted octanol–water partition coefficient (Wildman–Crippen LogP) is 0.599. The number of unbranched alkanes of at least 4 members (excludes halogenated alkanes) is 4. The van der Waals surface area contributed by atoms with Gasteiger partial charge in [0.25, 0.3) is 0 Å². The van der Waals surface area contributed by atoms with Crippen LogP contribution < -0.4 is 21.7 Å². The highest BCUT2D eigenvalue weighted by Crippen LogP contribution is 2.01. The van der Waals surface area contributed by atoms with E-state index in [4.69, 9.17) is 5.73 Å². The SMILES string of the molecule is CC(C)NCCCCCCCNCC(=O)NCCN. The van der Waals surface area contributed by atoms with Crippen molar-refractivity contribution >= 4 is 5.91 Å². The Labute approximate surface area is 118 Å². The number of nitrogens with two attached hydrogens (primary N) is 1. The maximum Gasteiger partial charge on any atom is 0.234 e. The second-order valence-corrected chi connectivity index (χ2v) is 5.19. The number of carbonyl (C=O) groups excluding carboxylic acids is 1. The topological polar surface area (TPSA) is 79.2 Å². The van der Waals surface area contributed by atoms with E-state index in [0.29, 0.717) is 25.7 Å². The molecular formula is C14H32N4O. The zero-order chi connectivity index (χ0) is 14.3. The minimum absolute atomic E-state index is 0.0326. The normalized spacial score (nSPS) is 10.9. The molecule has 0 aromatic carbocycles. The first-order valence-electron chi connectivity index (χ1n) is 7.57. The van der Waals surface area contributed by atoms with Crippen LogP contribution in [0.4, 0.5) is 0 Å². The van der Waals surface area contributed by atoms with E-state index in [2.05, 4.69) is 29.8 Å². The van der Waals surface area contributed by atoms with E-state index in [1.165, 1.54) is 25.7 Å². The Kier molecular flexibility index (Phi) is 13.3. The molecule has 0 radical (unpaired) electrons. The van der Waals surface area contributed by atoms with Gasteiger partial charge in [0.15, 0.2) is 0 Å². The smallest absolute Gasteiger partial charge is 0.234 e. The predicted molar refractivity (Wildman–Crippen MR) is 81.2 cm³/mol. The summed E-state index contributed by atoms with van der Waals surface area (Å²) in [5.74, 6) is 0.0326. The van der Waals surface area contributed by atoms with Gasteiger partial charge in [0.1, 0.15) is 0 Å². The average molecular weight is 272 g/mol. The van der Waals surface area contributed by atoms with Crippen LogP contribution in [0.3, 0.4) is 0 Å². The average Bonchev–Trinajstić information content (AvgIpc) is 2.38. The maximum atomic E-state index is 11.2. The molecule has 0 aliphatic rings. The number of carbonyl (C=O) groups is 1. The molecule has 0 bridgehead atoms. The molecule has 0 spiro atoms. The van der Waals surface area contributed by atoms with E-state index >= 15 is 0 Å². The van der Waals surface area contributed by atoms with Crippen molar-refractivity contribution in [2.45, 2.75) is 52.0 Å². The quantitative estimate of drug-likeness (QED) is 0.370. The van der Waals surface area contributed by atoms with E-state index < -0.39 is 0 Å². The van der Waals surface area contributed by atoms with Gasteiger partial charge in [0, 0.05) is 19.1 Å². The maximum absolute atomic E-state index is 11.2. The molecule has 1 amide bonds. The summed E-state index contributed by atoms with van der Waals surface area (Å²) < 4.78 is 0. The summed E-state index contributed by atoms with van der Waals surface area (Å²) in [6.45, 7) is 7.85. The molecule has 0 saturated carbocycles. The van der Waals surface area contributed by atoms with Crippen LogP contribution in [0, 0.1) is 0 Å². The van der Waals surface area contributed by atoms with Gasteiger partial charge >= 0.3 is 0 Å². The van der Waals surface area contributed by atoms with Crippen LogP contribution in [0.1, 0.15) is 46.0 Å². The number of hydrogen-bond donors (Lipinski definition) is 4. The van der Waals surface area contributed by atoms with E-state index in [1.807, 2.05) is 0 Å². The van der Waals surface area contributed by atoms with Crippen molar-refractivity contribution in [2.24, 2.45) is 5.73 Å². The molecule has 0 aromatic rings. The summed E-state index contributed by atoms with van der Waals surface area (Å²) in [4.78, 5) is 11.2. The Morgan fingerprint density at radius 2 is 1.63 bits per heavy atom. The van der Waals surface area contributed by atoms with Crippen LogP contribution in [0.5, 0.6) is 0 Å². The summed E-state index contributed by atoms with van der Waals surface area (Å²) in [7, 11) is 0. The molecule has 0 heterocycles. The molecule has 114 valence electrons. The Bertz CT molecular complexity index is 210. The van der Waals surface area contributed by atoms with Crippen molar-refractivity contribution in [3.8, 4) is 0 Å². The molecule has 0 aromatic heterocycles. The van der Waals surface area contributed by atoms with Gasteiger partial charge in [0.05, 0.1) is 6.54 Å². The lowest BCUT2D eigenvalue weighted by Crippen LogP contribution is -2.36. The van der Waals surface area contributed by atoms with E-state index in [9.17, 15) is 4.79 Å². The molecule has 0 aliphatic carbocycles. The van der Waals surface area contributed by atoms with Crippen LogP contribution in [0.2, 0.25) is 0 Å². The summed E-state index contributed by atoms with van der Waals surface area (Å²) >= 11 is 0. The monoisotopic (exact) mass is 272 g/mol. The van der Waals surface area contributed by atoms with Crippen LogP contribution in [0.15, 0.2) is 0 Å². The van der Waals surface area contributed by atoms with Gasteiger partial charge in [-0.1, -0.05) is 33.1 Å². The third-order valence-electron chi connectivity index (χ3n) is 2.83. The molecule has 0 fully saturated rings. The number of rotatable bonds is 13. The summed E-state index contributed by atoms with van der Waals surface area (Å²) in [6.07, 6.45) is 6.20. The van der Waals surface area contributed by atoms with Crippen molar-refractivity contribution in [3.63, 3.8) is 0 Å². The second kappa shape index (κ2) is 13.8. The standard InChI is InChI=1S/C14H32N4O/c1-13(2)17-10-7-5-3-4-6-9-16-12-14(19)18-11-8-15/h13,16-17H,3-12,15H2,1-2H3,(H,18,19). The van der Waals surface area contributed by atoms with Gasteiger partial charge in [-0.3, -0.25) is 4.79 Å². The first kappa shape index (κ1) is 18.4. The zero-order valence-electron chi connectivity index (χ0n) is 12.6. The van der Waals surface area contributed by atoms with Gasteiger partial charge in [-0.15, -0.1) is 0 Å². The highest BCUT2D eigenvalue weighted by molar-refractivity contribution is 5.77. The van der Waals surface area contributed by atoms with Crippen LogP contribution in [-0.4, -0.2) is 44.7 Å². The Morgan fingerprint density at radius 1 is 1.00 bits per heavy atom. The summed E-state index contributed by atoms with van der Waals surface area (Å²) in [5.41, 5.74) is 5.30. The first-order valence-corrected chi connectivity index (χ1v) is 7.57. The molecule has 19 heavy (non-hydrogen) atoms. The molecule has 0 saturated heterocycles. The molecule has 0 aliphatic heterocycles. The fourth-order valence-electron chi connectivity index (χ4n) is 1.77. The van der Waals surface area contributed by atoms with Gasteiger partial charge in [-0.05, 0) is 25.9 Å². The van der Waals surface area contributed by atoms with E-state index in [1.54, 1.807) is 0 Å². The van der Waals surface area contributed by atoms with E-state index in [0.717, 1.165) is 19.5 Å². The van der Waals surface area contributed by atoms with Crippen molar-refractivity contribution in [1.29, 1.82) is 0 Å². The third kappa shape index (κ3) is 15.3. The minimum atomic E-state index is 0.0326. The van der Waals surface area contributed by atoms with Gasteiger partial charge in [-0.2, -0.15) is 0 Å². The molecule has 0 atom stereocenters. The third-order valence-corrected chi connectivity index (χ3v) is 2.83. The lowest BCUT2D eigenvalue weighted by Gasteiger charge is -2.08. The van der Waals surface area contributed by atoms with E-state index in [-0.39, 0.29) is 5.91 Å². The fraction of sp³-hybridized carbons (Fsp3) is 0.929. The number of amides is 1. The van der Waals surface area contributed by atoms with Crippen molar-refractivity contribution in [3.05, 3.63) is 0 Å². The fourth-order valence-corrected chi connectivity index (χ4v) is 1.77. The Hall–Kier alpha value is -0.650.